The molecule has 108 valence electrons. The Morgan fingerprint density at radius 2 is 2.35 bits per heavy atom. The van der Waals surface area contributed by atoms with Crippen LogP contribution in [0.1, 0.15) is 12.5 Å². The number of ether oxygens (including phenoxy) is 1. The van der Waals surface area contributed by atoms with Gasteiger partial charge in [-0.05, 0) is 24.6 Å². The van der Waals surface area contributed by atoms with Gasteiger partial charge in [0.15, 0.2) is 0 Å². The number of thioether (sulfide) groups is 1. The van der Waals surface area contributed by atoms with Gasteiger partial charge in [0.25, 0.3) is 0 Å². The minimum atomic E-state index is -0.288. The fourth-order valence-corrected chi connectivity index (χ4v) is 2.85. The fourth-order valence-electron chi connectivity index (χ4n) is 1.96. The zero-order valence-corrected chi connectivity index (χ0v) is 12.4. The van der Waals surface area contributed by atoms with Gasteiger partial charge in [0.2, 0.25) is 5.91 Å². The normalized spacial score (nSPS) is 15.9. The second-order valence-electron chi connectivity index (χ2n) is 4.53. The third-order valence-electron chi connectivity index (χ3n) is 3.10. The summed E-state index contributed by atoms with van der Waals surface area (Å²) in [6.45, 7) is 2.83. The Morgan fingerprint density at radius 3 is 3.00 bits per heavy atom. The van der Waals surface area contributed by atoms with Gasteiger partial charge in [0, 0.05) is 18.8 Å². The summed E-state index contributed by atoms with van der Waals surface area (Å²) in [6.07, 6.45) is 0. The lowest BCUT2D eigenvalue weighted by Crippen LogP contribution is -2.38. The maximum absolute atomic E-state index is 12.1. The van der Waals surface area contributed by atoms with Crippen molar-refractivity contribution in [2.75, 3.05) is 20.2 Å². The van der Waals surface area contributed by atoms with Crippen molar-refractivity contribution in [2.45, 2.75) is 17.9 Å². The van der Waals surface area contributed by atoms with E-state index in [1.54, 1.807) is 7.11 Å². The SMILES string of the molecule is COc1cccc(CSC(C)C(=O)N2CCNC2=O)c1. The third-order valence-corrected chi connectivity index (χ3v) is 4.31. The number of methoxy groups -OCH3 is 1. The van der Waals surface area contributed by atoms with Gasteiger partial charge >= 0.3 is 6.03 Å². The van der Waals surface area contributed by atoms with Gasteiger partial charge in [-0.25, -0.2) is 4.79 Å². The minimum Gasteiger partial charge on any atom is -0.497 e. The van der Waals surface area contributed by atoms with Crippen LogP contribution in [0.4, 0.5) is 4.79 Å². The van der Waals surface area contributed by atoms with Crippen molar-refractivity contribution in [3.63, 3.8) is 0 Å². The highest BCUT2D eigenvalue weighted by Crippen LogP contribution is 2.22. The first kappa shape index (κ1) is 14.7. The predicted molar refractivity (Wildman–Crippen MR) is 78.9 cm³/mol. The lowest BCUT2D eigenvalue weighted by Gasteiger charge is -2.17. The number of nitrogens with zero attached hydrogens (tertiary/aromatic N) is 1. The van der Waals surface area contributed by atoms with Crippen molar-refractivity contribution in [2.24, 2.45) is 0 Å². The molecule has 1 saturated heterocycles. The third kappa shape index (κ3) is 3.45. The highest BCUT2D eigenvalue weighted by atomic mass is 32.2. The van der Waals surface area contributed by atoms with Crippen LogP contribution in [0.5, 0.6) is 5.75 Å². The average molecular weight is 294 g/mol. The molecule has 1 aliphatic rings. The molecule has 2 rings (SSSR count). The van der Waals surface area contributed by atoms with E-state index in [0.29, 0.717) is 18.8 Å². The molecule has 1 aromatic rings. The lowest BCUT2D eigenvalue weighted by atomic mass is 10.2. The van der Waals surface area contributed by atoms with Gasteiger partial charge in [0.05, 0.1) is 12.4 Å². The quantitative estimate of drug-likeness (QED) is 0.900. The van der Waals surface area contributed by atoms with Crippen LogP contribution in [-0.4, -0.2) is 42.3 Å². The molecule has 1 heterocycles. The molecule has 0 bridgehead atoms. The summed E-state index contributed by atoms with van der Waals surface area (Å²) in [5, 5.41) is 2.39. The van der Waals surface area contributed by atoms with Crippen LogP contribution in [0.25, 0.3) is 0 Å². The van der Waals surface area contributed by atoms with Gasteiger partial charge in [-0.2, -0.15) is 0 Å². The Labute approximate surface area is 122 Å². The van der Waals surface area contributed by atoms with Crippen molar-refractivity contribution in [1.82, 2.24) is 10.2 Å². The van der Waals surface area contributed by atoms with Gasteiger partial charge < -0.3 is 10.1 Å². The summed E-state index contributed by atoms with van der Waals surface area (Å²) in [7, 11) is 1.63. The van der Waals surface area contributed by atoms with Crippen LogP contribution < -0.4 is 10.1 Å². The number of carbonyl (C=O) groups is 2. The number of benzene rings is 1. The molecule has 5 nitrogen and oxygen atoms in total. The Hall–Kier alpha value is -1.69. The Morgan fingerprint density at radius 1 is 1.55 bits per heavy atom. The molecule has 0 aromatic heterocycles. The number of imide groups is 1. The average Bonchev–Trinajstić information content (AvgIpc) is 2.90. The van der Waals surface area contributed by atoms with E-state index in [2.05, 4.69) is 5.32 Å². The molecule has 1 atom stereocenters. The van der Waals surface area contributed by atoms with E-state index < -0.39 is 0 Å². The lowest BCUT2D eigenvalue weighted by molar-refractivity contribution is -0.126. The van der Waals surface area contributed by atoms with Crippen molar-refractivity contribution in [1.29, 1.82) is 0 Å². The summed E-state index contributed by atoms with van der Waals surface area (Å²) in [5.74, 6) is 1.38. The summed E-state index contributed by atoms with van der Waals surface area (Å²) in [4.78, 5) is 24.8. The summed E-state index contributed by atoms with van der Waals surface area (Å²) >= 11 is 1.52. The van der Waals surface area contributed by atoms with Crippen molar-refractivity contribution >= 4 is 23.7 Å². The van der Waals surface area contributed by atoms with Gasteiger partial charge in [-0.1, -0.05) is 12.1 Å². The van der Waals surface area contributed by atoms with Crippen LogP contribution in [0.2, 0.25) is 0 Å². The highest BCUT2D eigenvalue weighted by molar-refractivity contribution is 7.99. The van der Waals surface area contributed by atoms with E-state index in [-0.39, 0.29) is 17.2 Å². The minimum absolute atomic E-state index is 0.132. The molecule has 1 N–H and O–H groups in total. The molecule has 6 heteroatoms. The van der Waals surface area contributed by atoms with Gasteiger partial charge in [-0.15, -0.1) is 11.8 Å². The number of amides is 3. The molecule has 0 spiro atoms. The molecule has 1 unspecified atom stereocenters. The van der Waals surface area contributed by atoms with E-state index in [4.69, 9.17) is 4.74 Å². The first-order chi connectivity index (χ1) is 9.61. The van der Waals surface area contributed by atoms with Gasteiger partial charge in [0.1, 0.15) is 5.75 Å². The maximum Gasteiger partial charge on any atom is 0.324 e. The van der Waals surface area contributed by atoms with E-state index in [0.717, 1.165) is 11.3 Å². The Bertz CT molecular complexity index is 507. The molecular formula is C14H18N2O3S. The summed E-state index contributed by atoms with van der Waals surface area (Å²) in [5.41, 5.74) is 1.10. The molecule has 3 amide bonds. The topological polar surface area (TPSA) is 58.6 Å². The van der Waals surface area contributed by atoms with Crippen molar-refractivity contribution in [3.05, 3.63) is 29.8 Å². The van der Waals surface area contributed by atoms with Crippen LogP contribution in [0, 0.1) is 0 Å². The monoisotopic (exact) mass is 294 g/mol. The van der Waals surface area contributed by atoms with E-state index >= 15 is 0 Å². The molecule has 1 fully saturated rings. The van der Waals surface area contributed by atoms with Crippen molar-refractivity contribution < 1.29 is 14.3 Å². The maximum atomic E-state index is 12.1. The van der Waals surface area contributed by atoms with E-state index in [9.17, 15) is 9.59 Å². The number of hydrogen-bond donors (Lipinski definition) is 1. The molecule has 0 saturated carbocycles. The smallest absolute Gasteiger partial charge is 0.324 e. The molecule has 20 heavy (non-hydrogen) atoms. The van der Waals surface area contributed by atoms with Gasteiger partial charge in [-0.3, -0.25) is 9.69 Å². The predicted octanol–water partition coefficient (Wildman–Crippen LogP) is 1.87. The fraction of sp³-hybridized carbons (Fsp3) is 0.429. The van der Waals surface area contributed by atoms with E-state index in [1.165, 1.54) is 16.7 Å². The van der Waals surface area contributed by atoms with Crippen LogP contribution >= 0.6 is 11.8 Å². The number of rotatable bonds is 5. The Kier molecular flexibility index (Phi) is 4.89. The molecule has 1 aliphatic heterocycles. The van der Waals surface area contributed by atoms with Crippen LogP contribution in [-0.2, 0) is 10.5 Å². The van der Waals surface area contributed by atoms with Crippen LogP contribution in [0.15, 0.2) is 24.3 Å². The first-order valence-corrected chi connectivity index (χ1v) is 7.50. The molecule has 1 aromatic carbocycles. The molecular weight excluding hydrogens is 276 g/mol. The Balaban J connectivity index is 1.89. The van der Waals surface area contributed by atoms with Crippen molar-refractivity contribution in [3.8, 4) is 5.75 Å². The largest absolute Gasteiger partial charge is 0.497 e. The van der Waals surface area contributed by atoms with E-state index in [1.807, 2.05) is 31.2 Å². The standard InChI is InChI=1S/C14H18N2O3S/c1-10(13(17)16-7-6-15-14(16)18)20-9-11-4-3-5-12(8-11)19-2/h3-5,8,10H,6-7,9H2,1-2H3,(H,15,18). The number of nitrogens with one attached hydrogen (secondary N) is 1. The number of carbonyl (C=O) groups excluding carboxylic acids is 2. The second-order valence-corrected chi connectivity index (χ2v) is 5.86. The molecule has 0 aliphatic carbocycles. The second kappa shape index (κ2) is 6.65. The number of hydrogen-bond acceptors (Lipinski definition) is 4. The molecule has 0 radical (unpaired) electrons. The zero-order chi connectivity index (χ0) is 14.5. The highest BCUT2D eigenvalue weighted by Gasteiger charge is 2.29. The van der Waals surface area contributed by atoms with Crippen LogP contribution in [0.3, 0.4) is 0 Å². The zero-order valence-electron chi connectivity index (χ0n) is 11.6. The summed E-state index contributed by atoms with van der Waals surface area (Å²) in [6, 6.07) is 7.47. The summed E-state index contributed by atoms with van der Waals surface area (Å²) < 4.78 is 5.17. The number of urea groups is 1. The first-order valence-electron chi connectivity index (χ1n) is 6.45.